The summed E-state index contributed by atoms with van der Waals surface area (Å²) in [7, 11) is 0. The number of carbonyl (C=O) groups excluding carboxylic acids is 1. The van der Waals surface area contributed by atoms with Gasteiger partial charge in [-0.2, -0.15) is 0 Å². The summed E-state index contributed by atoms with van der Waals surface area (Å²) in [5.41, 5.74) is 2.24. The van der Waals surface area contributed by atoms with E-state index in [1.165, 1.54) is 4.90 Å². The highest BCUT2D eigenvalue weighted by Gasteiger charge is 2.32. The van der Waals surface area contributed by atoms with Crippen LogP contribution in [0.25, 0.3) is 6.08 Å². The Hall–Kier alpha value is -2.40. The minimum atomic E-state index is -0.183. The molecule has 1 saturated heterocycles. The third-order valence-corrected chi connectivity index (χ3v) is 3.25. The van der Waals surface area contributed by atoms with Crippen LogP contribution in [-0.2, 0) is 4.79 Å². The van der Waals surface area contributed by atoms with Crippen molar-refractivity contribution in [3.8, 4) is 0 Å². The van der Waals surface area contributed by atoms with Crippen LogP contribution in [0.4, 0.5) is 5.69 Å². The van der Waals surface area contributed by atoms with Crippen molar-refractivity contribution in [3.63, 3.8) is 0 Å². The number of aryl methyl sites for hydroxylation is 1. The van der Waals surface area contributed by atoms with Crippen LogP contribution in [0, 0.1) is 6.92 Å². The number of amides is 1. The van der Waals surface area contributed by atoms with Crippen molar-refractivity contribution in [1.29, 1.82) is 0 Å². The molecule has 0 aliphatic carbocycles. The van der Waals surface area contributed by atoms with Gasteiger partial charge in [0.15, 0.2) is 5.11 Å². The first-order chi connectivity index (χ1) is 9.65. The molecule has 0 atom stereocenters. The molecule has 1 aromatic carbocycles. The highest BCUT2D eigenvalue weighted by molar-refractivity contribution is 7.80. The normalized spacial score (nSPS) is 16.9. The molecule has 3 rings (SSSR count). The Morgan fingerprint density at radius 2 is 2.15 bits per heavy atom. The number of hydrogen-bond donors (Lipinski definition) is 1. The first kappa shape index (κ1) is 12.6. The minimum absolute atomic E-state index is 0.183. The number of carbonyl (C=O) groups is 1. The van der Waals surface area contributed by atoms with E-state index in [0.717, 1.165) is 11.3 Å². The van der Waals surface area contributed by atoms with Crippen LogP contribution in [0.1, 0.15) is 11.3 Å². The lowest BCUT2D eigenvalue weighted by molar-refractivity contribution is -0.113. The molecule has 1 aliphatic rings. The van der Waals surface area contributed by atoms with E-state index in [1.807, 2.05) is 31.2 Å². The Morgan fingerprint density at radius 1 is 1.30 bits per heavy atom. The van der Waals surface area contributed by atoms with Crippen molar-refractivity contribution in [3.05, 3.63) is 59.7 Å². The molecule has 2 heterocycles. The van der Waals surface area contributed by atoms with Gasteiger partial charge >= 0.3 is 0 Å². The molecule has 1 aliphatic heterocycles. The van der Waals surface area contributed by atoms with Gasteiger partial charge in [-0.05, 0) is 49.0 Å². The van der Waals surface area contributed by atoms with Gasteiger partial charge in [-0.1, -0.05) is 12.1 Å². The molecule has 0 spiro atoms. The fourth-order valence-electron chi connectivity index (χ4n) is 2.05. The summed E-state index contributed by atoms with van der Waals surface area (Å²) < 4.78 is 5.21. The van der Waals surface area contributed by atoms with Crippen molar-refractivity contribution in [2.45, 2.75) is 6.92 Å². The SMILES string of the molecule is Cc1cccc(N2C(=O)C(=Cc3ccco3)NC2=S)c1. The fraction of sp³-hybridized carbons (Fsp3) is 0.0667. The van der Waals surface area contributed by atoms with Gasteiger partial charge in [0.25, 0.3) is 5.91 Å². The van der Waals surface area contributed by atoms with Crippen LogP contribution in [-0.4, -0.2) is 11.0 Å². The molecule has 1 amide bonds. The maximum Gasteiger partial charge on any atom is 0.281 e. The molecule has 1 fully saturated rings. The first-order valence-corrected chi connectivity index (χ1v) is 6.53. The van der Waals surface area contributed by atoms with E-state index in [0.29, 0.717) is 16.6 Å². The summed E-state index contributed by atoms with van der Waals surface area (Å²) in [5.74, 6) is 0.423. The van der Waals surface area contributed by atoms with Gasteiger partial charge in [0, 0.05) is 6.08 Å². The topological polar surface area (TPSA) is 45.5 Å². The smallest absolute Gasteiger partial charge is 0.281 e. The van der Waals surface area contributed by atoms with Crippen molar-refractivity contribution in [1.82, 2.24) is 5.32 Å². The lowest BCUT2D eigenvalue weighted by Crippen LogP contribution is -2.30. The average Bonchev–Trinajstić information content (AvgIpc) is 2.99. The maximum absolute atomic E-state index is 12.4. The van der Waals surface area contributed by atoms with E-state index in [4.69, 9.17) is 16.6 Å². The molecule has 20 heavy (non-hydrogen) atoms. The second-order valence-electron chi connectivity index (χ2n) is 4.48. The summed E-state index contributed by atoms with van der Waals surface area (Å²) in [6.45, 7) is 1.97. The zero-order valence-corrected chi connectivity index (χ0v) is 11.6. The van der Waals surface area contributed by atoms with Gasteiger partial charge in [-0.3, -0.25) is 9.69 Å². The van der Waals surface area contributed by atoms with Crippen LogP contribution in [0.5, 0.6) is 0 Å². The van der Waals surface area contributed by atoms with Gasteiger partial charge in [-0.15, -0.1) is 0 Å². The molecule has 0 saturated carbocycles. The van der Waals surface area contributed by atoms with Crippen LogP contribution < -0.4 is 10.2 Å². The molecular formula is C15H12N2O2S. The summed E-state index contributed by atoms with van der Waals surface area (Å²) in [5, 5.41) is 3.29. The van der Waals surface area contributed by atoms with E-state index in [-0.39, 0.29) is 5.91 Å². The average molecular weight is 284 g/mol. The Balaban J connectivity index is 1.95. The van der Waals surface area contributed by atoms with Gasteiger partial charge < -0.3 is 9.73 Å². The van der Waals surface area contributed by atoms with E-state index in [9.17, 15) is 4.79 Å². The predicted molar refractivity (Wildman–Crippen MR) is 81.1 cm³/mol. The Bertz CT molecular complexity index is 704. The zero-order chi connectivity index (χ0) is 14.1. The molecule has 0 bridgehead atoms. The Morgan fingerprint density at radius 3 is 2.85 bits per heavy atom. The summed E-state index contributed by atoms with van der Waals surface area (Å²) in [4.78, 5) is 13.9. The maximum atomic E-state index is 12.4. The molecule has 1 N–H and O–H groups in total. The van der Waals surface area contributed by atoms with Gasteiger partial charge in [0.1, 0.15) is 11.5 Å². The monoisotopic (exact) mass is 284 g/mol. The molecule has 5 heteroatoms. The molecule has 0 radical (unpaired) electrons. The number of hydrogen-bond acceptors (Lipinski definition) is 3. The van der Waals surface area contributed by atoms with Crippen LogP contribution in [0.15, 0.2) is 52.8 Å². The molecule has 4 nitrogen and oxygen atoms in total. The van der Waals surface area contributed by atoms with Crippen molar-refractivity contribution < 1.29 is 9.21 Å². The minimum Gasteiger partial charge on any atom is -0.465 e. The standard InChI is InChI=1S/C15H12N2O2S/c1-10-4-2-5-11(8-10)17-14(18)13(16-15(17)20)9-12-6-3-7-19-12/h2-9H,1H3,(H,16,20). The van der Waals surface area contributed by atoms with E-state index >= 15 is 0 Å². The highest BCUT2D eigenvalue weighted by atomic mass is 32.1. The molecule has 1 aromatic heterocycles. The van der Waals surface area contributed by atoms with Gasteiger partial charge in [0.05, 0.1) is 12.0 Å². The zero-order valence-electron chi connectivity index (χ0n) is 10.8. The third-order valence-electron chi connectivity index (χ3n) is 2.97. The number of furan rings is 1. The Kier molecular flexibility index (Phi) is 3.12. The lowest BCUT2D eigenvalue weighted by Gasteiger charge is -2.14. The number of rotatable bonds is 2. The van der Waals surface area contributed by atoms with E-state index in [1.54, 1.807) is 24.5 Å². The fourth-order valence-corrected chi connectivity index (χ4v) is 2.35. The van der Waals surface area contributed by atoms with Crippen LogP contribution in [0.2, 0.25) is 0 Å². The third kappa shape index (κ3) is 2.23. The molecular weight excluding hydrogens is 272 g/mol. The van der Waals surface area contributed by atoms with Gasteiger partial charge in [-0.25, -0.2) is 0 Å². The second-order valence-corrected chi connectivity index (χ2v) is 4.87. The number of nitrogens with zero attached hydrogens (tertiary/aromatic N) is 1. The van der Waals surface area contributed by atoms with E-state index in [2.05, 4.69) is 5.32 Å². The number of benzene rings is 1. The molecule has 2 aromatic rings. The predicted octanol–water partition coefficient (Wildman–Crippen LogP) is 2.85. The van der Waals surface area contributed by atoms with Crippen molar-refractivity contribution in [2.24, 2.45) is 0 Å². The van der Waals surface area contributed by atoms with Gasteiger partial charge in [0.2, 0.25) is 0 Å². The van der Waals surface area contributed by atoms with Crippen LogP contribution >= 0.6 is 12.2 Å². The highest BCUT2D eigenvalue weighted by Crippen LogP contribution is 2.23. The summed E-state index contributed by atoms with van der Waals surface area (Å²) in [6, 6.07) is 11.2. The lowest BCUT2D eigenvalue weighted by atomic mass is 10.2. The number of thiocarbonyl (C=S) groups is 1. The van der Waals surface area contributed by atoms with Crippen LogP contribution in [0.3, 0.4) is 0 Å². The number of nitrogens with one attached hydrogen (secondary N) is 1. The van der Waals surface area contributed by atoms with Crippen molar-refractivity contribution in [2.75, 3.05) is 4.90 Å². The second kappa shape index (κ2) is 4.94. The largest absolute Gasteiger partial charge is 0.465 e. The van der Waals surface area contributed by atoms with E-state index < -0.39 is 0 Å². The van der Waals surface area contributed by atoms with Crippen molar-refractivity contribution >= 4 is 35.0 Å². The summed E-state index contributed by atoms with van der Waals surface area (Å²) >= 11 is 5.24. The molecule has 0 unspecified atom stereocenters. The number of anilines is 1. The molecule has 100 valence electrons. The quantitative estimate of drug-likeness (QED) is 0.680. The Labute approximate surface area is 121 Å². The first-order valence-electron chi connectivity index (χ1n) is 6.12. The summed E-state index contributed by atoms with van der Waals surface area (Å²) in [6.07, 6.45) is 3.20.